The number of hydrogen-bond donors (Lipinski definition) is 0. The molecular formula is C8H10ClF. The Labute approximate surface area is 65.6 Å². The van der Waals surface area contributed by atoms with Crippen LogP contribution in [0.25, 0.3) is 0 Å². The van der Waals surface area contributed by atoms with E-state index in [0.717, 1.165) is 0 Å². The molecule has 0 aliphatic carbocycles. The quantitative estimate of drug-likeness (QED) is 0.545. The van der Waals surface area contributed by atoms with Gasteiger partial charge in [0.2, 0.25) is 0 Å². The van der Waals surface area contributed by atoms with E-state index in [9.17, 15) is 4.39 Å². The summed E-state index contributed by atoms with van der Waals surface area (Å²) in [6, 6.07) is 6.12. The Bertz CT molecular complexity index is 165. The fraction of sp³-hybridized carbons (Fsp3) is 0.250. The van der Waals surface area contributed by atoms with Crippen molar-refractivity contribution in [2.75, 3.05) is 0 Å². The number of halogens is 2. The maximum absolute atomic E-state index is 12.2. The highest BCUT2D eigenvalue weighted by Gasteiger charge is 1.91. The van der Waals surface area contributed by atoms with Crippen molar-refractivity contribution in [2.24, 2.45) is 0 Å². The van der Waals surface area contributed by atoms with E-state index in [0.29, 0.717) is 0 Å². The van der Waals surface area contributed by atoms with Gasteiger partial charge in [-0.05, 0) is 12.1 Å². The molecular weight excluding hydrogens is 151 g/mol. The normalized spacial score (nSPS) is 8.00. The van der Waals surface area contributed by atoms with Crippen molar-refractivity contribution in [1.29, 1.82) is 0 Å². The van der Waals surface area contributed by atoms with Crippen molar-refractivity contribution >= 4 is 11.6 Å². The molecule has 0 heterocycles. The highest BCUT2D eigenvalue weighted by Crippen LogP contribution is 2.11. The summed E-state index contributed by atoms with van der Waals surface area (Å²) in [7, 11) is 0. The highest BCUT2D eigenvalue weighted by molar-refractivity contribution is 6.30. The average molecular weight is 161 g/mol. The third-order valence-corrected chi connectivity index (χ3v) is 1.13. The molecule has 2 heteroatoms. The fourth-order valence-corrected chi connectivity index (χ4v) is 0.575. The minimum Gasteiger partial charge on any atom is -0.205 e. The van der Waals surface area contributed by atoms with Crippen LogP contribution in [0, 0.1) is 5.82 Å². The Hall–Kier alpha value is -0.560. The summed E-state index contributed by atoms with van der Waals surface area (Å²) in [5.41, 5.74) is 0. The zero-order valence-electron chi connectivity index (χ0n) is 6.07. The standard InChI is InChI=1S/C6H4ClF.C2H6/c7-5-3-1-2-4-6(5)8;1-2/h1-4H;1-2H3. The van der Waals surface area contributed by atoms with Crippen molar-refractivity contribution in [3.05, 3.63) is 35.1 Å². The monoisotopic (exact) mass is 160 g/mol. The number of hydrogen-bond acceptors (Lipinski definition) is 0. The van der Waals surface area contributed by atoms with E-state index in [1.54, 1.807) is 12.1 Å². The summed E-state index contributed by atoms with van der Waals surface area (Å²) in [5, 5.41) is 0.174. The van der Waals surface area contributed by atoms with Gasteiger partial charge in [-0.1, -0.05) is 37.6 Å². The summed E-state index contributed by atoms with van der Waals surface area (Å²) in [4.78, 5) is 0. The van der Waals surface area contributed by atoms with Gasteiger partial charge in [0, 0.05) is 0 Å². The predicted molar refractivity (Wildman–Crippen MR) is 42.8 cm³/mol. The molecule has 1 aromatic carbocycles. The smallest absolute Gasteiger partial charge is 0.141 e. The Kier molecular flexibility index (Phi) is 4.95. The van der Waals surface area contributed by atoms with Crippen LogP contribution < -0.4 is 0 Å². The molecule has 0 N–H and O–H groups in total. The van der Waals surface area contributed by atoms with Gasteiger partial charge in [-0.25, -0.2) is 4.39 Å². The first kappa shape index (κ1) is 9.44. The van der Waals surface area contributed by atoms with Crippen LogP contribution in [-0.4, -0.2) is 0 Å². The van der Waals surface area contributed by atoms with Crippen LogP contribution in [0.2, 0.25) is 5.02 Å². The van der Waals surface area contributed by atoms with E-state index in [2.05, 4.69) is 0 Å². The largest absolute Gasteiger partial charge is 0.205 e. The molecule has 56 valence electrons. The first-order valence-electron chi connectivity index (χ1n) is 3.21. The highest BCUT2D eigenvalue weighted by atomic mass is 35.5. The second kappa shape index (κ2) is 5.24. The topological polar surface area (TPSA) is 0 Å². The molecule has 0 radical (unpaired) electrons. The summed E-state index contributed by atoms with van der Waals surface area (Å²) >= 11 is 5.33. The lowest BCUT2D eigenvalue weighted by atomic mass is 10.4. The molecule has 1 rings (SSSR count). The maximum atomic E-state index is 12.2. The lowest BCUT2D eigenvalue weighted by molar-refractivity contribution is 0.628. The third kappa shape index (κ3) is 2.83. The summed E-state index contributed by atoms with van der Waals surface area (Å²) < 4.78 is 12.2. The molecule has 0 aliphatic rings. The Morgan fingerprint density at radius 3 is 2.00 bits per heavy atom. The molecule has 0 saturated carbocycles. The van der Waals surface area contributed by atoms with Gasteiger partial charge in [-0.3, -0.25) is 0 Å². The molecule has 0 amide bonds. The number of rotatable bonds is 0. The average Bonchev–Trinajstić information content (AvgIpc) is 2.00. The van der Waals surface area contributed by atoms with E-state index in [1.165, 1.54) is 12.1 Å². The van der Waals surface area contributed by atoms with Gasteiger partial charge in [0.1, 0.15) is 5.82 Å². The lowest BCUT2D eigenvalue weighted by Crippen LogP contribution is -1.70. The van der Waals surface area contributed by atoms with Gasteiger partial charge in [0.05, 0.1) is 5.02 Å². The van der Waals surface area contributed by atoms with Gasteiger partial charge in [0.15, 0.2) is 0 Å². The molecule has 0 nitrogen and oxygen atoms in total. The van der Waals surface area contributed by atoms with Crippen LogP contribution in [0.1, 0.15) is 13.8 Å². The predicted octanol–water partition coefficient (Wildman–Crippen LogP) is 3.51. The summed E-state index contributed by atoms with van der Waals surface area (Å²) in [6.45, 7) is 4.00. The molecule has 0 unspecified atom stereocenters. The lowest BCUT2D eigenvalue weighted by Gasteiger charge is -1.86. The first-order valence-corrected chi connectivity index (χ1v) is 3.58. The van der Waals surface area contributed by atoms with Crippen molar-refractivity contribution in [3.63, 3.8) is 0 Å². The maximum Gasteiger partial charge on any atom is 0.141 e. The van der Waals surface area contributed by atoms with Crippen LogP contribution in [0.4, 0.5) is 4.39 Å². The molecule has 0 saturated heterocycles. The molecule has 0 aliphatic heterocycles. The molecule has 0 spiro atoms. The zero-order chi connectivity index (χ0) is 7.98. The second-order valence-electron chi connectivity index (χ2n) is 1.41. The van der Waals surface area contributed by atoms with E-state index < -0.39 is 0 Å². The summed E-state index contributed by atoms with van der Waals surface area (Å²) in [5.74, 6) is -0.367. The zero-order valence-corrected chi connectivity index (χ0v) is 6.82. The van der Waals surface area contributed by atoms with Gasteiger partial charge in [-0.2, -0.15) is 0 Å². The fourth-order valence-electron chi connectivity index (χ4n) is 0.439. The molecule has 0 bridgehead atoms. The van der Waals surface area contributed by atoms with E-state index >= 15 is 0 Å². The van der Waals surface area contributed by atoms with Crippen molar-refractivity contribution < 1.29 is 4.39 Å². The van der Waals surface area contributed by atoms with Gasteiger partial charge in [-0.15, -0.1) is 0 Å². The van der Waals surface area contributed by atoms with Gasteiger partial charge < -0.3 is 0 Å². The summed E-state index contributed by atoms with van der Waals surface area (Å²) in [6.07, 6.45) is 0. The van der Waals surface area contributed by atoms with Crippen molar-refractivity contribution in [3.8, 4) is 0 Å². The first-order chi connectivity index (χ1) is 4.80. The van der Waals surface area contributed by atoms with Gasteiger partial charge in [0.25, 0.3) is 0 Å². The number of benzene rings is 1. The van der Waals surface area contributed by atoms with E-state index in [-0.39, 0.29) is 10.8 Å². The second-order valence-corrected chi connectivity index (χ2v) is 1.82. The molecule has 10 heavy (non-hydrogen) atoms. The Balaban J connectivity index is 0.000000371. The van der Waals surface area contributed by atoms with Crippen molar-refractivity contribution in [1.82, 2.24) is 0 Å². The molecule has 1 aromatic rings. The molecule has 0 aromatic heterocycles. The SMILES string of the molecule is CC.Fc1ccccc1Cl. The molecule has 0 atom stereocenters. The van der Waals surface area contributed by atoms with Crippen molar-refractivity contribution in [2.45, 2.75) is 13.8 Å². The Morgan fingerprint density at radius 1 is 1.20 bits per heavy atom. The van der Waals surface area contributed by atoms with Crippen LogP contribution in [0.3, 0.4) is 0 Å². The van der Waals surface area contributed by atoms with Crippen LogP contribution in [0.15, 0.2) is 24.3 Å². The third-order valence-electron chi connectivity index (χ3n) is 0.824. The van der Waals surface area contributed by atoms with Crippen LogP contribution in [-0.2, 0) is 0 Å². The minimum absolute atomic E-state index is 0.174. The van der Waals surface area contributed by atoms with Crippen LogP contribution in [0.5, 0.6) is 0 Å². The minimum atomic E-state index is -0.367. The van der Waals surface area contributed by atoms with E-state index in [4.69, 9.17) is 11.6 Å². The van der Waals surface area contributed by atoms with Gasteiger partial charge >= 0.3 is 0 Å². The molecule has 0 fully saturated rings. The van der Waals surface area contributed by atoms with E-state index in [1.807, 2.05) is 13.8 Å². The Morgan fingerprint density at radius 2 is 1.70 bits per heavy atom. The van der Waals surface area contributed by atoms with Crippen LogP contribution >= 0.6 is 11.6 Å².